The fraction of sp³-hybridized carbons (Fsp3) is 0.583. The highest BCUT2D eigenvalue weighted by Gasteiger charge is 2.20. The number of nitrogens with zero attached hydrogens (tertiary/aromatic N) is 2. The molecule has 1 saturated heterocycles. The number of nitrogens with one attached hydrogen (secondary N) is 1. The van der Waals surface area contributed by atoms with Crippen LogP contribution in [0.3, 0.4) is 0 Å². The van der Waals surface area contributed by atoms with Gasteiger partial charge in [-0.2, -0.15) is 0 Å². The molecule has 0 saturated carbocycles. The topological polar surface area (TPSA) is 28.2 Å². The Morgan fingerprint density at radius 2 is 2.47 bits per heavy atom. The third-order valence-electron chi connectivity index (χ3n) is 3.02. The number of hydrogen-bond donors (Lipinski definition) is 1. The number of hydrogen-bond acceptors (Lipinski definition) is 3. The molecule has 1 aliphatic rings. The third kappa shape index (κ3) is 2.29. The Labute approximate surface area is 91.5 Å². The molecule has 15 heavy (non-hydrogen) atoms. The van der Waals surface area contributed by atoms with Gasteiger partial charge in [0.2, 0.25) is 0 Å². The molecule has 0 radical (unpaired) electrons. The molecular weight excluding hydrogens is 186 g/mol. The second-order valence-electron chi connectivity index (χ2n) is 4.37. The fourth-order valence-electron chi connectivity index (χ4n) is 2.19. The van der Waals surface area contributed by atoms with E-state index in [4.69, 9.17) is 0 Å². The van der Waals surface area contributed by atoms with Crippen LogP contribution in [0.5, 0.6) is 0 Å². The normalized spacial score (nSPS) is 20.9. The number of pyridine rings is 1. The molecule has 1 fully saturated rings. The standard InChI is InChI=1S/C12H19N3/c1-10-4-6-15(9-10)12-8-14-5-3-11(12)7-13-2/h3,5,8,10,13H,4,6-7,9H2,1-2H3. The van der Waals surface area contributed by atoms with E-state index in [9.17, 15) is 0 Å². The van der Waals surface area contributed by atoms with Crippen molar-refractivity contribution in [2.24, 2.45) is 5.92 Å². The summed E-state index contributed by atoms with van der Waals surface area (Å²) < 4.78 is 0. The summed E-state index contributed by atoms with van der Waals surface area (Å²) in [6.07, 6.45) is 5.16. The molecule has 1 atom stereocenters. The molecule has 1 unspecified atom stereocenters. The van der Waals surface area contributed by atoms with Crippen molar-refractivity contribution in [2.75, 3.05) is 25.0 Å². The summed E-state index contributed by atoms with van der Waals surface area (Å²) in [5.41, 5.74) is 2.65. The van der Waals surface area contributed by atoms with Gasteiger partial charge in [0.25, 0.3) is 0 Å². The molecule has 3 nitrogen and oxygen atoms in total. The molecular formula is C12H19N3. The van der Waals surface area contributed by atoms with Crippen molar-refractivity contribution < 1.29 is 0 Å². The van der Waals surface area contributed by atoms with Crippen molar-refractivity contribution in [1.82, 2.24) is 10.3 Å². The Kier molecular flexibility index (Phi) is 3.21. The summed E-state index contributed by atoms with van der Waals surface area (Å²) in [7, 11) is 1.98. The van der Waals surface area contributed by atoms with Crippen molar-refractivity contribution >= 4 is 5.69 Å². The van der Waals surface area contributed by atoms with E-state index in [0.717, 1.165) is 12.5 Å². The molecule has 1 aromatic rings. The Balaban J connectivity index is 2.19. The van der Waals surface area contributed by atoms with Gasteiger partial charge >= 0.3 is 0 Å². The molecule has 3 heteroatoms. The second-order valence-corrected chi connectivity index (χ2v) is 4.37. The predicted octanol–water partition coefficient (Wildman–Crippen LogP) is 1.65. The van der Waals surface area contributed by atoms with Crippen LogP contribution in [0.2, 0.25) is 0 Å². The van der Waals surface area contributed by atoms with Crippen LogP contribution in [0, 0.1) is 5.92 Å². The molecule has 0 amide bonds. The van der Waals surface area contributed by atoms with Crippen LogP contribution in [0.15, 0.2) is 18.5 Å². The monoisotopic (exact) mass is 205 g/mol. The molecule has 0 bridgehead atoms. The van der Waals surface area contributed by atoms with Gasteiger partial charge in [0.1, 0.15) is 0 Å². The Morgan fingerprint density at radius 3 is 3.13 bits per heavy atom. The average molecular weight is 205 g/mol. The Hall–Kier alpha value is -1.09. The zero-order chi connectivity index (χ0) is 10.7. The minimum Gasteiger partial charge on any atom is -0.370 e. The smallest absolute Gasteiger partial charge is 0.0598 e. The first-order chi connectivity index (χ1) is 7.31. The third-order valence-corrected chi connectivity index (χ3v) is 3.02. The highest BCUT2D eigenvalue weighted by atomic mass is 15.2. The van der Waals surface area contributed by atoms with Crippen molar-refractivity contribution in [2.45, 2.75) is 19.9 Å². The maximum Gasteiger partial charge on any atom is 0.0598 e. The first-order valence-corrected chi connectivity index (χ1v) is 5.63. The summed E-state index contributed by atoms with van der Waals surface area (Å²) in [5.74, 6) is 0.813. The lowest BCUT2D eigenvalue weighted by Crippen LogP contribution is -2.22. The molecule has 1 N–H and O–H groups in total. The molecule has 1 aromatic heterocycles. The van der Waals surface area contributed by atoms with E-state index in [1.807, 2.05) is 19.4 Å². The zero-order valence-electron chi connectivity index (χ0n) is 9.53. The van der Waals surface area contributed by atoms with Crippen LogP contribution >= 0.6 is 0 Å². The van der Waals surface area contributed by atoms with Gasteiger partial charge in [-0.15, -0.1) is 0 Å². The molecule has 0 spiro atoms. The minimum absolute atomic E-state index is 0.813. The van der Waals surface area contributed by atoms with Gasteiger partial charge in [0.05, 0.1) is 11.9 Å². The summed E-state index contributed by atoms with van der Waals surface area (Å²) in [4.78, 5) is 6.68. The quantitative estimate of drug-likeness (QED) is 0.813. The fourth-order valence-corrected chi connectivity index (χ4v) is 2.19. The summed E-state index contributed by atoms with van der Waals surface area (Å²) in [6, 6.07) is 2.11. The lowest BCUT2D eigenvalue weighted by Gasteiger charge is -2.21. The van der Waals surface area contributed by atoms with Gasteiger partial charge < -0.3 is 10.2 Å². The largest absolute Gasteiger partial charge is 0.370 e. The molecule has 2 heterocycles. The van der Waals surface area contributed by atoms with Crippen molar-refractivity contribution in [3.63, 3.8) is 0 Å². The van der Waals surface area contributed by atoms with Crippen LogP contribution < -0.4 is 10.2 Å². The average Bonchev–Trinajstić information content (AvgIpc) is 2.66. The van der Waals surface area contributed by atoms with E-state index >= 15 is 0 Å². The molecule has 0 aromatic carbocycles. The molecule has 2 rings (SSSR count). The van der Waals surface area contributed by atoms with Crippen LogP contribution in [-0.4, -0.2) is 25.1 Å². The Bertz CT molecular complexity index is 324. The first kappa shape index (κ1) is 10.4. The lowest BCUT2D eigenvalue weighted by atomic mass is 10.2. The van der Waals surface area contributed by atoms with Crippen LogP contribution in [0.1, 0.15) is 18.9 Å². The van der Waals surface area contributed by atoms with Gasteiger partial charge in [0.15, 0.2) is 0 Å². The summed E-state index contributed by atoms with van der Waals surface area (Å²) in [5, 5.41) is 3.20. The minimum atomic E-state index is 0.813. The predicted molar refractivity (Wildman–Crippen MR) is 63.0 cm³/mol. The van der Waals surface area contributed by atoms with Gasteiger partial charge in [0, 0.05) is 25.8 Å². The number of rotatable bonds is 3. The van der Waals surface area contributed by atoms with Crippen LogP contribution in [0.4, 0.5) is 5.69 Å². The summed E-state index contributed by atoms with van der Waals surface area (Å²) >= 11 is 0. The molecule has 1 aliphatic heterocycles. The van der Waals surface area contributed by atoms with Crippen molar-refractivity contribution in [3.8, 4) is 0 Å². The summed E-state index contributed by atoms with van der Waals surface area (Å²) in [6.45, 7) is 5.57. The van der Waals surface area contributed by atoms with Crippen LogP contribution in [0.25, 0.3) is 0 Å². The number of aromatic nitrogens is 1. The number of anilines is 1. The Morgan fingerprint density at radius 1 is 1.60 bits per heavy atom. The second kappa shape index (κ2) is 4.62. The maximum absolute atomic E-state index is 4.23. The first-order valence-electron chi connectivity index (χ1n) is 5.63. The highest BCUT2D eigenvalue weighted by molar-refractivity contribution is 5.52. The van der Waals surface area contributed by atoms with Crippen molar-refractivity contribution in [1.29, 1.82) is 0 Å². The van der Waals surface area contributed by atoms with Gasteiger partial charge in [-0.05, 0) is 31.0 Å². The van der Waals surface area contributed by atoms with E-state index in [1.54, 1.807) is 0 Å². The highest BCUT2D eigenvalue weighted by Crippen LogP contribution is 2.25. The zero-order valence-corrected chi connectivity index (χ0v) is 9.53. The van der Waals surface area contributed by atoms with Crippen molar-refractivity contribution in [3.05, 3.63) is 24.0 Å². The SMILES string of the molecule is CNCc1ccncc1N1CCC(C)C1. The molecule has 0 aliphatic carbocycles. The molecule has 82 valence electrons. The van der Waals surface area contributed by atoms with E-state index < -0.39 is 0 Å². The van der Waals surface area contributed by atoms with E-state index in [1.165, 1.54) is 30.8 Å². The van der Waals surface area contributed by atoms with E-state index in [-0.39, 0.29) is 0 Å². The van der Waals surface area contributed by atoms with Gasteiger partial charge in [-0.1, -0.05) is 6.92 Å². The van der Waals surface area contributed by atoms with Gasteiger partial charge in [-0.3, -0.25) is 4.98 Å². The van der Waals surface area contributed by atoms with E-state index in [2.05, 4.69) is 28.2 Å². The maximum atomic E-state index is 4.23. The van der Waals surface area contributed by atoms with E-state index in [0.29, 0.717) is 0 Å². The van der Waals surface area contributed by atoms with Gasteiger partial charge in [-0.25, -0.2) is 0 Å². The lowest BCUT2D eigenvalue weighted by molar-refractivity contribution is 0.659. The van der Waals surface area contributed by atoms with Crippen LogP contribution in [-0.2, 0) is 6.54 Å².